The largest absolute Gasteiger partial charge is 0.477 e. The Morgan fingerprint density at radius 2 is 1.94 bits per heavy atom. The number of carboxylic acid groups (broad SMARTS) is 1. The maximum absolute atomic E-state index is 12.9. The van der Waals surface area contributed by atoms with Crippen LogP contribution in [-0.4, -0.2) is 39.1 Å². The molecule has 0 aliphatic heterocycles. The molecular weight excluding hydrogens is 514 g/mol. The van der Waals surface area contributed by atoms with Gasteiger partial charge in [-0.05, 0) is 37.1 Å². The first-order chi connectivity index (χ1) is 16.7. The Hall–Kier alpha value is -3.54. The third kappa shape index (κ3) is 4.83. The molecule has 0 unspecified atom stereocenters. The van der Waals surface area contributed by atoms with Crippen molar-refractivity contribution in [3.05, 3.63) is 67.4 Å². The number of carbonyl (C=O) groups excluding carboxylic acids is 2. The summed E-state index contributed by atoms with van der Waals surface area (Å²) in [4.78, 5) is 54.3. The molecule has 9 nitrogen and oxygen atoms in total. The number of ether oxygens (including phenoxy) is 1. The Kier molecular flexibility index (Phi) is 7.01. The fourth-order valence-electron chi connectivity index (χ4n) is 3.49. The van der Waals surface area contributed by atoms with Crippen LogP contribution in [0.5, 0.6) is 0 Å². The number of anilines is 1. The topological polar surface area (TPSA) is 128 Å². The molecule has 35 heavy (non-hydrogen) atoms. The molecule has 3 aromatic heterocycles. The number of nitrogens with zero attached hydrogens (tertiary/aromatic N) is 2. The number of carboxylic acids is 1. The number of esters is 1. The third-order valence-corrected chi connectivity index (χ3v) is 7.44. The van der Waals surface area contributed by atoms with Gasteiger partial charge in [-0.15, -0.1) is 22.7 Å². The van der Waals surface area contributed by atoms with Crippen molar-refractivity contribution >= 4 is 67.3 Å². The van der Waals surface area contributed by atoms with Gasteiger partial charge in [0.25, 0.3) is 5.56 Å². The molecule has 0 bridgehead atoms. The molecule has 12 heteroatoms. The predicted molar refractivity (Wildman–Crippen MR) is 135 cm³/mol. The number of amides is 1. The summed E-state index contributed by atoms with van der Waals surface area (Å²) in [6, 6.07) is 6.90. The van der Waals surface area contributed by atoms with Crippen molar-refractivity contribution in [2.75, 3.05) is 11.9 Å². The van der Waals surface area contributed by atoms with E-state index in [4.69, 9.17) is 16.3 Å². The lowest BCUT2D eigenvalue weighted by atomic mass is 10.0. The number of aromatic nitrogens is 2. The highest BCUT2D eigenvalue weighted by atomic mass is 35.5. The summed E-state index contributed by atoms with van der Waals surface area (Å²) >= 11 is 8.03. The van der Waals surface area contributed by atoms with Crippen molar-refractivity contribution in [2.45, 2.75) is 20.4 Å². The Bertz CT molecular complexity index is 1520. The van der Waals surface area contributed by atoms with Gasteiger partial charge in [-0.25, -0.2) is 14.6 Å². The van der Waals surface area contributed by atoms with E-state index in [0.29, 0.717) is 16.1 Å². The van der Waals surface area contributed by atoms with E-state index >= 15 is 0 Å². The summed E-state index contributed by atoms with van der Waals surface area (Å²) in [6.45, 7) is 2.99. The van der Waals surface area contributed by atoms with Gasteiger partial charge in [0.2, 0.25) is 5.91 Å². The van der Waals surface area contributed by atoms with Crippen LogP contribution in [0.4, 0.5) is 5.00 Å². The Balaban J connectivity index is 1.64. The number of rotatable bonds is 7. The van der Waals surface area contributed by atoms with Crippen LogP contribution in [0.1, 0.15) is 32.5 Å². The van der Waals surface area contributed by atoms with Crippen LogP contribution in [0.25, 0.3) is 21.3 Å². The van der Waals surface area contributed by atoms with E-state index in [1.807, 2.05) is 0 Å². The molecule has 0 fully saturated rings. The van der Waals surface area contributed by atoms with Crippen molar-refractivity contribution in [1.82, 2.24) is 9.55 Å². The number of aryl methyl sites for hydroxylation is 1. The average Bonchev–Trinajstić information content (AvgIpc) is 3.38. The number of hydrogen-bond acceptors (Lipinski definition) is 8. The van der Waals surface area contributed by atoms with E-state index in [-0.39, 0.29) is 38.8 Å². The SMILES string of the molecule is CCOC(=O)c1c(-c2ccc(Cl)cc2)csc1NC(=O)Cn1cnc2sc(C(=O)O)c(C)c2c1=O. The average molecular weight is 532 g/mol. The number of fused-ring (bicyclic) bond motifs is 1. The van der Waals surface area contributed by atoms with Crippen LogP contribution in [0.3, 0.4) is 0 Å². The van der Waals surface area contributed by atoms with Gasteiger partial charge in [0, 0.05) is 16.0 Å². The highest BCUT2D eigenvalue weighted by molar-refractivity contribution is 7.20. The van der Waals surface area contributed by atoms with Crippen LogP contribution in [-0.2, 0) is 16.1 Å². The molecule has 0 aliphatic rings. The minimum atomic E-state index is -1.14. The van der Waals surface area contributed by atoms with Gasteiger partial charge in [-0.3, -0.25) is 14.2 Å². The molecular formula is C23H18ClN3O6S2. The van der Waals surface area contributed by atoms with E-state index in [0.717, 1.165) is 32.8 Å². The molecule has 0 saturated heterocycles. The summed E-state index contributed by atoms with van der Waals surface area (Å²) in [5.74, 6) is -2.30. The molecule has 4 aromatic rings. The van der Waals surface area contributed by atoms with Crippen molar-refractivity contribution in [2.24, 2.45) is 0 Å². The Morgan fingerprint density at radius 1 is 1.23 bits per heavy atom. The molecule has 0 atom stereocenters. The van der Waals surface area contributed by atoms with Gasteiger partial charge in [-0.2, -0.15) is 0 Å². The van der Waals surface area contributed by atoms with Crippen LogP contribution >= 0.6 is 34.3 Å². The highest BCUT2D eigenvalue weighted by Crippen LogP contribution is 2.36. The van der Waals surface area contributed by atoms with Crippen LogP contribution < -0.4 is 10.9 Å². The smallest absolute Gasteiger partial charge is 0.346 e. The summed E-state index contributed by atoms with van der Waals surface area (Å²) in [7, 11) is 0. The monoisotopic (exact) mass is 531 g/mol. The second kappa shape index (κ2) is 9.98. The van der Waals surface area contributed by atoms with Gasteiger partial charge in [-0.1, -0.05) is 23.7 Å². The maximum atomic E-state index is 12.9. The molecule has 1 amide bonds. The number of halogens is 1. The van der Waals surface area contributed by atoms with Gasteiger partial charge in [0.05, 0.1) is 18.3 Å². The van der Waals surface area contributed by atoms with E-state index in [9.17, 15) is 24.3 Å². The van der Waals surface area contributed by atoms with E-state index < -0.39 is 23.4 Å². The minimum Gasteiger partial charge on any atom is -0.477 e. The molecule has 180 valence electrons. The lowest BCUT2D eigenvalue weighted by molar-refractivity contribution is -0.116. The molecule has 1 aromatic carbocycles. The summed E-state index contributed by atoms with van der Waals surface area (Å²) in [5.41, 5.74) is 1.29. The maximum Gasteiger partial charge on any atom is 0.346 e. The molecule has 0 saturated carbocycles. The molecule has 0 aliphatic carbocycles. The van der Waals surface area contributed by atoms with E-state index in [1.54, 1.807) is 36.6 Å². The zero-order valence-electron chi connectivity index (χ0n) is 18.5. The van der Waals surface area contributed by atoms with Gasteiger partial charge in [0.15, 0.2) is 0 Å². The normalized spacial score (nSPS) is 10.9. The van der Waals surface area contributed by atoms with Crippen molar-refractivity contribution in [3.8, 4) is 11.1 Å². The number of aromatic carboxylic acids is 1. The number of thiophene rings is 2. The fourth-order valence-corrected chi connectivity index (χ4v) is 5.57. The van der Waals surface area contributed by atoms with Gasteiger partial charge < -0.3 is 15.2 Å². The zero-order valence-corrected chi connectivity index (χ0v) is 20.8. The standard InChI is InChI=1S/C23H18ClN3O6S2/c1-3-33-23(32)17-14(12-4-6-13(24)7-5-12)9-34-20(17)26-15(28)8-27-10-25-19-16(21(27)29)11(2)18(35-19)22(30)31/h4-7,9-10H,3,8H2,1-2H3,(H,26,28)(H,30,31). The van der Waals surface area contributed by atoms with Gasteiger partial charge in [0.1, 0.15) is 26.8 Å². The predicted octanol–water partition coefficient (Wildman–Crippen LogP) is 4.66. The van der Waals surface area contributed by atoms with Crippen molar-refractivity contribution in [3.63, 3.8) is 0 Å². The Labute approximate surface area is 211 Å². The van der Waals surface area contributed by atoms with Crippen LogP contribution in [0.15, 0.2) is 40.8 Å². The molecule has 4 rings (SSSR count). The second-order valence-corrected chi connectivity index (χ2v) is 9.66. The van der Waals surface area contributed by atoms with Crippen LogP contribution in [0.2, 0.25) is 5.02 Å². The summed E-state index contributed by atoms with van der Waals surface area (Å²) < 4.78 is 6.29. The van der Waals surface area contributed by atoms with Gasteiger partial charge >= 0.3 is 11.9 Å². The van der Waals surface area contributed by atoms with E-state index in [1.165, 1.54) is 13.3 Å². The first-order valence-electron chi connectivity index (χ1n) is 10.3. The lowest BCUT2D eigenvalue weighted by Gasteiger charge is -2.10. The zero-order chi connectivity index (χ0) is 25.3. The second-order valence-electron chi connectivity index (χ2n) is 7.35. The van der Waals surface area contributed by atoms with Crippen molar-refractivity contribution in [1.29, 1.82) is 0 Å². The molecule has 0 spiro atoms. The number of carbonyl (C=O) groups is 3. The molecule has 2 N–H and O–H groups in total. The van der Waals surface area contributed by atoms with Crippen molar-refractivity contribution < 1.29 is 24.2 Å². The quantitative estimate of drug-likeness (QED) is 0.332. The third-order valence-electron chi connectivity index (χ3n) is 5.10. The first kappa shape index (κ1) is 24.6. The first-order valence-corrected chi connectivity index (χ1v) is 12.3. The fraction of sp³-hybridized carbons (Fsp3) is 0.174. The summed E-state index contributed by atoms with van der Waals surface area (Å²) in [6.07, 6.45) is 1.20. The number of benzene rings is 1. The van der Waals surface area contributed by atoms with E-state index in [2.05, 4.69) is 10.3 Å². The minimum absolute atomic E-state index is 0.0270. The molecule has 0 radical (unpaired) electrons. The Morgan fingerprint density at radius 3 is 2.60 bits per heavy atom. The number of hydrogen-bond donors (Lipinski definition) is 2. The lowest BCUT2D eigenvalue weighted by Crippen LogP contribution is -2.28. The van der Waals surface area contributed by atoms with Crippen LogP contribution in [0, 0.1) is 6.92 Å². The highest BCUT2D eigenvalue weighted by Gasteiger charge is 2.24. The number of nitrogens with one attached hydrogen (secondary N) is 1. The molecule has 3 heterocycles. The summed E-state index contributed by atoms with van der Waals surface area (Å²) in [5, 5.41) is 14.7.